The Morgan fingerprint density at radius 2 is 1.98 bits per heavy atom. The number of carboxylic acids is 2. The van der Waals surface area contributed by atoms with Gasteiger partial charge in [0.2, 0.25) is 16.2 Å². The summed E-state index contributed by atoms with van der Waals surface area (Å²) in [5.74, 6) is -1.72. The molecule has 1 saturated heterocycles. The molecule has 2 amide bonds. The standard InChI is InChI=1S/C27H37N7O8S3/c1-26(2)14-8-9-27(26,3)16(10-14)42-25(41)28-15(22(37)38)6-5-7-17(35)45-30-18-20(36)34-19(23(39)40)13(11-43-21(18)34)12-44-24-29-31-32-33(24)4/h14-16,18,21,30H,5-12H2,1-4H3,(H,28,41)(H,37,38)(H,39,40)/t14?,15?,16?,18?,21-,27?/m0/s1. The molecular weight excluding hydrogens is 647 g/mol. The molecule has 0 radical (unpaired) electrons. The van der Waals surface area contributed by atoms with E-state index < -0.39 is 41.4 Å². The molecule has 5 rings (SSSR count). The topological polar surface area (TPSA) is 206 Å². The maximum absolute atomic E-state index is 12.9. The third-order valence-corrected chi connectivity index (χ3v) is 13.2. The van der Waals surface area contributed by atoms with Crippen LogP contribution in [0.3, 0.4) is 0 Å². The smallest absolute Gasteiger partial charge is 0.408 e. The van der Waals surface area contributed by atoms with Gasteiger partial charge in [-0.25, -0.2) is 23.8 Å². The zero-order chi connectivity index (χ0) is 32.7. The Morgan fingerprint density at radius 1 is 1.22 bits per heavy atom. The summed E-state index contributed by atoms with van der Waals surface area (Å²) in [7, 11) is 1.67. The van der Waals surface area contributed by atoms with Crippen molar-refractivity contribution in [1.29, 1.82) is 0 Å². The second-order valence-electron chi connectivity index (χ2n) is 12.5. The molecule has 0 aromatic carbocycles. The maximum Gasteiger partial charge on any atom is 0.408 e. The van der Waals surface area contributed by atoms with E-state index in [1.165, 1.54) is 33.1 Å². The number of carbonyl (C=O) groups is 5. The molecule has 2 bridgehead atoms. The van der Waals surface area contributed by atoms with Gasteiger partial charge in [-0.15, -0.1) is 16.9 Å². The van der Waals surface area contributed by atoms with Crippen LogP contribution >= 0.6 is 35.5 Å². The van der Waals surface area contributed by atoms with Gasteiger partial charge >= 0.3 is 18.0 Å². The van der Waals surface area contributed by atoms with Crippen molar-refractivity contribution in [1.82, 2.24) is 35.1 Å². The van der Waals surface area contributed by atoms with Crippen LogP contribution in [0.1, 0.15) is 59.3 Å². The highest BCUT2D eigenvalue weighted by Crippen LogP contribution is 2.66. The molecule has 246 valence electrons. The van der Waals surface area contributed by atoms with Gasteiger partial charge < -0.3 is 20.3 Å². The number of nitrogens with zero attached hydrogens (tertiary/aromatic N) is 5. The number of carboxylic acid groups (broad SMARTS) is 2. The first-order valence-electron chi connectivity index (χ1n) is 14.6. The number of amides is 2. The number of thioether (sulfide) groups is 2. The lowest BCUT2D eigenvalue weighted by Crippen LogP contribution is -2.68. The Balaban J connectivity index is 1.06. The number of tetrazole rings is 1. The normalized spacial score (nSPS) is 28.8. The number of alkyl carbamates (subject to hydrolysis) is 1. The van der Waals surface area contributed by atoms with Crippen LogP contribution < -0.4 is 10.0 Å². The first-order valence-corrected chi connectivity index (χ1v) is 17.5. The fourth-order valence-corrected chi connectivity index (χ4v) is 9.92. The lowest BCUT2D eigenvalue weighted by atomic mass is 9.70. The van der Waals surface area contributed by atoms with Crippen molar-refractivity contribution in [3.63, 3.8) is 0 Å². The van der Waals surface area contributed by atoms with E-state index >= 15 is 0 Å². The van der Waals surface area contributed by atoms with E-state index in [1.807, 2.05) is 0 Å². The predicted octanol–water partition coefficient (Wildman–Crippen LogP) is 2.25. The Bertz CT molecular complexity index is 1420. The van der Waals surface area contributed by atoms with Crippen molar-refractivity contribution in [3.05, 3.63) is 11.3 Å². The van der Waals surface area contributed by atoms with Crippen molar-refractivity contribution in [2.45, 2.75) is 88.0 Å². The van der Waals surface area contributed by atoms with Gasteiger partial charge in [-0.1, -0.05) is 32.5 Å². The molecule has 0 spiro atoms. The minimum Gasteiger partial charge on any atom is -0.480 e. The lowest BCUT2D eigenvalue weighted by Gasteiger charge is -2.49. The molecule has 3 heterocycles. The van der Waals surface area contributed by atoms with Crippen LogP contribution in [0.5, 0.6) is 0 Å². The van der Waals surface area contributed by atoms with Crippen molar-refractivity contribution in [2.75, 3.05) is 11.5 Å². The summed E-state index contributed by atoms with van der Waals surface area (Å²) in [6.07, 6.45) is 2.02. The monoisotopic (exact) mass is 683 g/mol. The lowest BCUT2D eigenvalue weighted by molar-refractivity contribution is -0.148. The zero-order valence-corrected chi connectivity index (χ0v) is 27.8. The number of aliphatic carboxylic acids is 2. The van der Waals surface area contributed by atoms with Gasteiger partial charge in [0.1, 0.15) is 29.3 Å². The molecule has 1 aromatic rings. The average molecular weight is 684 g/mol. The minimum absolute atomic E-state index is 0.00965. The second kappa shape index (κ2) is 13.1. The van der Waals surface area contributed by atoms with Gasteiger partial charge in [0.05, 0.1) is 0 Å². The Morgan fingerprint density at radius 3 is 2.58 bits per heavy atom. The number of aromatic nitrogens is 4. The highest BCUT2D eigenvalue weighted by atomic mass is 32.2. The van der Waals surface area contributed by atoms with Gasteiger partial charge in [-0.05, 0) is 71.4 Å². The Hall–Kier alpha value is -2.83. The third kappa shape index (κ3) is 6.42. The van der Waals surface area contributed by atoms with E-state index in [4.69, 9.17) is 4.74 Å². The van der Waals surface area contributed by atoms with Crippen molar-refractivity contribution < 1.29 is 38.9 Å². The summed E-state index contributed by atoms with van der Waals surface area (Å²) in [4.78, 5) is 63.2. The molecule has 18 heteroatoms. The number of carbonyl (C=O) groups excluding carboxylic acids is 3. The molecule has 5 unspecified atom stereocenters. The molecule has 1 aromatic heterocycles. The summed E-state index contributed by atoms with van der Waals surface area (Å²) in [6, 6.07) is -1.96. The van der Waals surface area contributed by atoms with Gasteiger partial charge in [-0.3, -0.25) is 14.5 Å². The molecule has 2 aliphatic carbocycles. The minimum atomic E-state index is -1.22. The van der Waals surface area contributed by atoms with E-state index in [0.717, 1.165) is 31.2 Å². The van der Waals surface area contributed by atoms with Crippen molar-refractivity contribution >= 4 is 64.5 Å². The first-order chi connectivity index (χ1) is 21.2. The summed E-state index contributed by atoms with van der Waals surface area (Å²) in [5, 5.41) is 32.9. The van der Waals surface area contributed by atoms with Crippen molar-refractivity contribution in [3.8, 4) is 0 Å². The van der Waals surface area contributed by atoms with E-state index in [0.29, 0.717) is 28.2 Å². The third-order valence-electron chi connectivity index (χ3n) is 9.93. The van der Waals surface area contributed by atoms with Crippen molar-refractivity contribution in [2.24, 2.45) is 23.8 Å². The molecular formula is C27H37N7O8S3. The van der Waals surface area contributed by atoms with Crippen LogP contribution in [0.2, 0.25) is 0 Å². The number of fused-ring (bicyclic) bond motifs is 3. The number of hydrogen-bond acceptors (Lipinski definition) is 13. The van der Waals surface area contributed by atoms with Gasteiger partial charge in [0, 0.05) is 30.4 Å². The number of β-lactam (4-membered cyclic amide) rings is 1. The van der Waals surface area contributed by atoms with Gasteiger partial charge in [0.15, 0.2) is 0 Å². The molecule has 2 aliphatic heterocycles. The van der Waals surface area contributed by atoms with Crippen LogP contribution in [0, 0.1) is 16.7 Å². The second-order valence-corrected chi connectivity index (χ2v) is 15.5. The number of ether oxygens (including phenoxy) is 1. The van der Waals surface area contributed by atoms with Crippen LogP contribution in [-0.4, -0.2) is 99.4 Å². The predicted molar refractivity (Wildman–Crippen MR) is 165 cm³/mol. The summed E-state index contributed by atoms with van der Waals surface area (Å²) in [5.41, 5.74) is 0.403. The fraction of sp³-hybridized carbons (Fsp3) is 0.704. The summed E-state index contributed by atoms with van der Waals surface area (Å²) < 4.78 is 10.0. The molecule has 45 heavy (non-hydrogen) atoms. The van der Waals surface area contributed by atoms with E-state index in [1.54, 1.807) is 7.05 Å². The number of nitrogens with one attached hydrogen (secondary N) is 2. The van der Waals surface area contributed by atoms with Crippen LogP contribution in [0.25, 0.3) is 0 Å². The zero-order valence-electron chi connectivity index (χ0n) is 25.3. The molecule has 4 aliphatic rings. The van der Waals surface area contributed by atoms with Crippen LogP contribution in [-0.2, 0) is 31.0 Å². The SMILES string of the molecule is Cn1nnnc1SCC1=C(C(=O)O)N2C(=O)C(NSC(=O)CCCC(NC(=O)OC3CC4CCC3(C)C4(C)C)C(=O)O)[C@@H]2SC1. The number of rotatable bonds is 13. The van der Waals surface area contributed by atoms with Gasteiger partial charge in [0.25, 0.3) is 0 Å². The number of hydrogen-bond donors (Lipinski definition) is 4. The largest absolute Gasteiger partial charge is 0.480 e. The average Bonchev–Trinajstić information content (AvgIpc) is 3.55. The summed E-state index contributed by atoms with van der Waals surface area (Å²) >= 11 is 3.41. The molecule has 4 N–H and O–H groups in total. The highest BCUT2D eigenvalue weighted by Gasteiger charge is 2.63. The molecule has 3 fully saturated rings. The van der Waals surface area contributed by atoms with Crippen LogP contribution in [0.15, 0.2) is 16.4 Å². The number of aryl methyl sites for hydroxylation is 1. The Kier molecular flexibility index (Phi) is 9.77. The molecule has 6 atom stereocenters. The molecule has 15 nitrogen and oxygen atoms in total. The fourth-order valence-electron chi connectivity index (χ4n) is 6.77. The quantitative estimate of drug-likeness (QED) is 0.134. The molecule has 2 saturated carbocycles. The van der Waals surface area contributed by atoms with E-state index in [-0.39, 0.29) is 47.0 Å². The van der Waals surface area contributed by atoms with E-state index in [9.17, 15) is 34.2 Å². The maximum atomic E-state index is 12.9. The van der Waals surface area contributed by atoms with E-state index in [2.05, 4.69) is 46.3 Å². The first kappa shape index (κ1) is 33.5. The highest BCUT2D eigenvalue weighted by molar-refractivity contribution is 8.12. The summed E-state index contributed by atoms with van der Waals surface area (Å²) in [6.45, 7) is 6.52. The van der Waals surface area contributed by atoms with Crippen LogP contribution in [0.4, 0.5) is 4.79 Å². The Labute approximate surface area is 272 Å². The van der Waals surface area contributed by atoms with Gasteiger partial charge in [-0.2, -0.15) is 0 Å².